The van der Waals surface area contributed by atoms with E-state index in [1.807, 2.05) is 11.8 Å². The van der Waals surface area contributed by atoms with E-state index in [0.29, 0.717) is 6.54 Å². The Labute approximate surface area is 91.9 Å². The highest BCUT2D eigenvalue weighted by atomic mass is 16.3. The molecule has 1 aliphatic rings. The van der Waals surface area contributed by atoms with Crippen molar-refractivity contribution in [2.24, 2.45) is 0 Å². The van der Waals surface area contributed by atoms with E-state index in [1.54, 1.807) is 4.90 Å². The molecule has 0 spiro atoms. The Balaban J connectivity index is 2.45. The number of piperidine rings is 1. The fourth-order valence-electron chi connectivity index (χ4n) is 1.98. The molecule has 88 valence electrons. The third kappa shape index (κ3) is 3.70. The quantitative estimate of drug-likeness (QED) is 0.766. The number of likely N-dealkylation sites (tertiary alicyclic amines) is 1. The molecule has 0 aromatic carbocycles. The molecule has 4 heteroatoms. The van der Waals surface area contributed by atoms with Crippen molar-refractivity contribution < 1.29 is 9.90 Å². The Hall–Kier alpha value is -0.770. The van der Waals surface area contributed by atoms with E-state index in [2.05, 4.69) is 0 Å². The fourth-order valence-corrected chi connectivity index (χ4v) is 1.98. The van der Waals surface area contributed by atoms with Crippen LogP contribution in [0.1, 0.15) is 32.6 Å². The Morgan fingerprint density at radius 1 is 1.27 bits per heavy atom. The summed E-state index contributed by atoms with van der Waals surface area (Å²) in [5.41, 5.74) is 0. The predicted molar refractivity (Wildman–Crippen MR) is 59.8 cm³/mol. The van der Waals surface area contributed by atoms with Crippen LogP contribution in [0.4, 0.5) is 4.79 Å². The molecule has 2 amide bonds. The van der Waals surface area contributed by atoms with Crippen LogP contribution in [-0.4, -0.2) is 53.7 Å². The van der Waals surface area contributed by atoms with Crippen LogP contribution in [0.2, 0.25) is 0 Å². The number of nitrogens with zero attached hydrogens (tertiary/aromatic N) is 2. The summed E-state index contributed by atoms with van der Waals surface area (Å²) in [4.78, 5) is 15.7. The second-order valence-corrected chi connectivity index (χ2v) is 4.04. The van der Waals surface area contributed by atoms with Crippen molar-refractivity contribution in [3.63, 3.8) is 0 Å². The standard InChI is InChI=1S/C11H22N2O2/c1-2-6-12(9-10-14)11(15)13-7-4-3-5-8-13/h14H,2-10H2,1H3. The van der Waals surface area contributed by atoms with E-state index < -0.39 is 0 Å². The lowest BCUT2D eigenvalue weighted by molar-refractivity contribution is 0.132. The molecule has 1 saturated heterocycles. The van der Waals surface area contributed by atoms with Crippen molar-refractivity contribution in [1.29, 1.82) is 0 Å². The van der Waals surface area contributed by atoms with Crippen LogP contribution in [0.25, 0.3) is 0 Å². The van der Waals surface area contributed by atoms with Crippen molar-refractivity contribution in [2.75, 3.05) is 32.8 Å². The normalized spacial score (nSPS) is 16.5. The molecule has 4 nitrogen and oxygen atoms in total. The number of amides is 2. The highest BCUT2D eigenvalue weighted by Crippen LogP contribution is 2.11. The van der Waals surface area contributed by atoms with Crippen LogP contribution in [0.5, 0.6) is 0 Å². The first-order valence-corrected chi connectivity index (χ1v) is 5.94. The highest BCUT2D eigenvalue weighted by molar-refractivity contribution is 5.74. The minimum atomic E-state index is 0.0551. The summed E-state index contributed by atoms with van der Waals surface area (Å²) < 4.78 is 0. The van der Waals surface area contributed by atoms with E-state index in [9.17, 15) is 4.79 Å². The zero-order valence-corrected chi connectivity index (χ0v) is 9.61. The van der Waals surface area contributed by atoms with E-state index in [4.69, 9.17) is 5.11 Å². The fraction of sp³-hybridized carbons (Fsp3) is 0.909. The van der Waals surface area contributed by atoms with Crippen LogP contribution in [0.15, 0.2) is 0 Å². The number of rotatable bonds is 4. The maximum atomic E-state index is 12.0. The van der Waals surface area contributed by atoms with Crippen LogP contribution < -0.4 is 0 Å². The molecule has 0 aromatic heterocycles. The minimum Gasteiger partial charge on any atom is -0.395 e. The van der Waals surface area contributed by atoms with Gasteiger partial charge in [-0.25, -0.2) is 4.79 Å². The number of hydrogen-bond acceptors (Lipinski definition) is 2. The zero-order valence-electron chi connectivity index (χ0n) is 9.61. The summed E-state index contributed by atoms with van der Waals surface area (Å²) in [6.07, 6.45) is 4.41. The molecular formula is C11H22N2O2. The Bertz CT molecular complexity index is 185. The molecule has 0 aromatic rings. The van der Waals surface area contributed by atoms with E-state index >= 15 is 0 Å². The van der Waals surface area contributed by atoms with Crippen LogP contribution in [0, 0.1) is 0 Å². The van der Waals surface area contributed by atoms with Gasteiger partial charge in [-0.15, -0.1) is 0 Å². The topological polar surface area (TPSA) is 43.8 Å². The third-order valence-corrected chi connectivity index (χ3v) is 2.76. The zero-order chi connectivity index (χ0) is 11.1. The lowest BCUT2D eigenvalue weighted by Gasteiger charge is -2.32. The van der Waals surface area contributed by atoms with Crippen molar-refractivity contribution in [1.82, 2.24) is 9.80 Å². The van der Waals surface area contributed by atoms with Crippen molar-refractivity contribution in [3.05, 3.63) is 0 Å². The number of aliphatic hydroxyl groups is 1. The largest absolute Gasteiger partial charge is 0.395 e. The Morgan fingerprint density at radius 2 is 1.93 bits per heavy atom. The van der Waals surface area contributed by atoms with Gasteiger partial charge in [0.15, 0.2) is 0 Å². The lowest BCUT2D eigenvalue weighted by atomic mass is 10.1. The first kappa shape index (κ1) is 12.3. The summed E-state index contributed by atoms with van der Waals surface area (Å²) in [6.45, 7) is 5.07. The maximum absolute atomic E-state index is 12.0. The van der Waals surface area contributed by atoms with E-state index in [-0.39, 0.29) is 12.6 Å². The highest BCUT2D eigenvalue weighted by Gasteiger charge is 2.21. The number of carbonyl (C=O) groups excluding carboxylic acids is 1. The first-order valence-electron chi connectivity index (χ1n) is 5.94. The second-order valence-electron chi connectivity index (χ2n) is 4.04. The Morgan fingerprint density at radius 3 is 2.47 bits per heavy atom. The number of aliphatic hydroxyl groups excluding tert-OH is 1. The van der Waals surface area contributed by atoms with Gasteiger partial charge in [0.05, 0.1) is 6.61 Å². The maximum Gasteiger partial charge on any atom is 0.320 e. The average molecular weight is 214 g/mol. The smallest absolute Gasteiger partial charge is 0.320 e. The van der Waals surface area contributed by atoms with Gasteiger partial charge >= 0.3 is 6.03 Å². The van der Waals surface area contributed by atoms with Crippen LogP contribution in [-0.2, 0) is 0 Å². The SMILES string of the molecule is CCCN(CCO)C(=O)N1CCCCC1. The van der Waals surface area contributed by atoms with Gasteiger partial charge in [-0.2, -0.15) is 0 Å². The number of hydrogen-bond donors (Lipinski definition) is 1. The van der Waals surface area contributed by atoms with Gasteiger partial charge in [-0.3, -0.25) is 0 Å². The molecule has 1 rings (SSSR count). The summed E-state index contributed by atoms with van der Waals surface area (Å²) in [5.74, 6) is 0. The minimum absolute atomic E-state index is 0.0551. The summed E-state index contributed by atoms with van der Waals surface area (Å²) in [7, 11) is 0. The van der Waals surface area contributed by atoms with Gasteiger partial charge in [0.2, 0.25) is 0 Å². The third-order valence-electron chi connectivity index (χ3n) is 2.76. The molecule has 1 heterocycles. The van der Waals surface area contributed by atoms with Crippen LogP contribution >= 0.6 is 0 Å². The molecule has 0 aliphatic carbocycles. The van der Waals surface area contributed by atoms with Crippen molar-refractivity contribution >= 4 is 6.03 Å². The average Bonchev–Trinajstić information content (AvgIpc) is 2.29. The van der Waals surface area contributed by atoms with Gasteiger partial charge < -0.3 is 14.9 Å². The summed E-state index contributed by atoms with van der Waals surface area (Å²) in [6, 6.07) is 0.102. The lowest BCUT2D eigenvalue weighted by Crippen LogP contribution is -2.46. The molecule has 0 saturated carbocycles. The number of urea groups is 1. The van der Waals surface area contributed by atoms with Gasteiger partial charge in [0, 0.05) is 26.2 Å². The summed E-state index contributed by atoms with van der Waals surface area (Å²) >= 11 is 0. The van der Waals surface area contributed by atoms with Gasteiger partial charge in [0.25, 0.3) is 0 Å². The van der Waals surface area contributed by atoms with Crippen molar-refractivity contribution in [2.45, 2.75) is 32.6 Å². The molecule has 15 heavy (non-hydrogen) atoms. The predicted octanol–water partition coefficient (Wildman–Crippen LogP) is 1.30. The molecule has 1 N–H and O–H groups in total. The number of carbonyl (C=O) groups is 1. The van der Waals surface area contributed by atoms with Gasteiger partial charge in [-0.05, 0) is 25.7 Å². The summed E-state index contributed by atoms with van der Waals surface area (Å²) in [5, 5.41) is 8.90. The molecule has 0 atom stereocenters. The molecule has 0 radical (unpaired) electrons. The molecular weight excluding hydrogens is 192 g/mol. The van der Waals surface area contributed by atoms with E-state index in [0.717, 1.165) is 38.9 Å². The molecule has 0 unspecified atom stereocenters. The first-order chi connectivity index (χ1) is 7.29. The van der Waals surface area contributed by atoms with Crippen molar-refractivity contribution in [3.8, 4) is 0 Å². The van der Waals surface area contributed by atoms with Crippen LogP contribution in [0.3, 0.4) is 0 Å². The Kier molecular flexibility index (Phi) is 5.47. The second kappa shape index (κ2) is 6.67. The monoisotopic (exact) mass is 214 g/mol. The van der Waals surface area contributed by atoms with Gasteiger partial charge in [-0.1, -0.05) is 6.92 Å². The van der Waals surface area contributed by atoms with Gasteiger partial charge in [0.1, 0.15) is 0 Å². The van der Waals surface area contributed by atoms with E-state index in [1.165, 1.54) is 6.42 Å². The molecule has 1 aliphatic heterocycles. The molecule has 1 fully saturated rings. The molecule has 0 bridgehead atoms.